The molecule has 0 heterocycles. The maximum atomic E-state index is 13.1. The lowest BCUT2D eigenvalue weighted by Crippen LogP contribution is -2.45. The number of phosphoric acid groups is 1. The van der Waals surface area contributed by atoms with Crippen LogP contribution in [0.15, 0.2) is 146 Å². The van der Waals surface area contributed by atoms with E-state index in [-0.39, 0.29) is 19.1 Å². The van der Waals surface area contributed by atoms with Crippen LogP contribution in [-0.2, 0) is 18.4 Å². The lowest BCUT2D eigenvalue weighted by Gasteiger charge is -2.25. The van der Waals surface area contributed by atoms with Gasteiger partial charge in [-0.1, -0.05) is 333 Å². The van der Waals surface area contributed by atoms with Gasteiger partial charge in [0.2, 0.25) is 5.91 Å². The van der Waals surface area contributed by atoms with E-state index < -0.39 is 20.0 Å². The Kier molecular flexibility index (Phi) is 65.9. The average molecular weight is 1260 g/mol. The molecule has 510 valence electrons. The fraction of sp³-hybridized carbons (Fsp3) is 0.688. The summed E-state index contributed by atoms with van der Waals surface area (Å²) in [7, 11) is 1.54. The first-order valence-corrected chi connectivity index (χ1v) is 38.2. The highest BCUT2D eigenvalue weighted by molar-refractivity contribution is 7.47. The van der Waals surface area contributed by atoms with E-state index in [0.717, 1.165) is 109 Å². The first-order valence-electron chi connectivity index (χ1n) is 36.7. The molecule has 3 atom stereocenters. The van der Waals surface area contributed by atoms with Gasteiger partial charge in [-0.15, -0.1) is 0 Å². The van der Waals surface area contributed by atoms with Crippen molar-refractivity contribution in [2.24, 2.45) is 0 Å². The molecule has 0 radical (unpaired) electrons. The third-order valence-electron chi connectivity index (χ3n) is 15.8. The van der Waals surface area contributed by atoms with Crippen LogP contribution < -0.4 is 5.32 Å². The zero-order valence-corrected chi connectivity index (χ0v) is 59.3. The van der Waals surface area contributed by atoms with Gasteiger partial charge in [-0.2, -0.15) is 0 Å². The second-order valence-corrected chi connectivity index (χ2v) is 27.0. The number of quaternary nitrogens is 1. The molecule has 0 fully saturated rings. The molecule has 0 aliphatic carbocycles. The predicted octanol–water partition coefficient (Wildman–Crippen LogP) is 23.9. The van der Waals surface area contributed by atoms with Crippen molar-refractivity contribution in [3.05, 3.63) is 146 Å². The highest BCUT2D eigenvalue weighted by Gasteiger charge is 2.28. The first-order chi connectivity index (χ1) is 43.5. The zero-order valence-electron chi connectivity index (χ0n) is 58.4. The molecule has 1 amide bonds. The summed E-state index contributed by atoms with van der Waals surface area (Å²) in [6.07, 6.45) is 106. The minimum Gasteiger partial charge on any atom is -0.387 e. The Labute approximate surface area is 550 Å². The maximum Gasteiger partial charge on any atom is 0.472 e. The molecule has 89 heavy (non-hydrogen) atoms. The van der Waals surface area contributed by atoms with E-state index in [4.69, 9.17) is 9.05 Å². The molecule has 0 aromatic heterocycles. The standard InChI is InChI=1S/C80H139N2O6P/c1-6-8-10-12-14-16-18-20-22-24-26-28-30-32-34-35-36-37-38-39-40-41-42-43-44-45-46-47-48-50-52-54-56-58-60-62-64-66-68-70-72-74-80(84)81-78(77-88-89(85,86)87-76-75-82(3,4)5)79(83)73-71-69-67-65-63-61-59-57-55-53-51-49-33-31-29-27-25-23-21-19-17-15-13-11-9-7-2/h8,10,14,16,20,22,26,28,32,34,36-37,39-40,42-43,45-46,48,50,63,65,71,73,78-79,83H,6-7,9,11-13,15,17-19,21,23-25,27,29-31,33,35,38,41,44,47,49,51-62,64,66-70,72,74-77H2,1-5H3,(H-,81,84,85,86)/p+1/b10-8-,16-14-,22-20-,28-26-,34-32-,37-36-,40-39-,43-42-,46-45-,50-48-,65-63+,73-71+. The summed E-state index contributed by atoms with van der Waals surface area (Å²) in [5.74, 6) is -0.194. The number of hydrogen-bond acceptors (Lipinski definition) is 5. The summed E-state index contributed by atoms with van der Waals surface area (Å²) < 4.78 is 23.8. The number of carbonyl (C=O) groups excluding carboxylic acids is 1. The highest BCUT2D eigenvalue weighted by Crippen LogP contribution is 2.43. The third kappa shape index (κ3) is 71.7. The molecule has 3 N–H and O–H groups in total. The molecule has 0 aromatic carbocycles. The predicted molar refractivity (Wildman–Crippen MR) is 391 cm³/mol. The molecule has 0 saturated carbocycles. The molecule has 0 aliphatic rings. The number of phosphoric ester groups is 1. The quantitative estimate of drug-likeness (QED) is 0.0243. The summed E-state index contributed by atoms with van der Waals surface area (Å²) in [6.45, 7) is 4.69. The lowest BCUT2D eigenvalue weighted by atomic mass is 10.0. The van der Waals surface area contributed by atoms with Crippen LogP contribution in [0.5, 0.6) is 0 Å². The van der Waals surface area contributed by atoms with Crippen molar-refractivity contribution in [3.8, 4) is 0 Å². The summed E-state index contributed by atoms with van der Waals surface area (Å²) >= 11 is 0. The molecular formula is C80H140N2O6P+. The van der Waals surface area contributed by atoms with Gasteiger partial charge in [-0.05, 0) is 109 Å². The minimum atomic E-state index is -4.37. The van der Waals surface area contributed by atoms with Crippen molar-refractivity contribution < 1.29 is 32.9 Å². The number of allylic oxidation sites excluding steroid dienone is 23. The number of likely N-dealkylation sites (N-methyl/N-ethyl adjacent to an activating group) is 1. The average Bonchev–Trinajstić information content (AvgIpc) is 3.61. The smallest absolute Gasteiger partial charge is 0.387 e. The van der Waals surface area contributed by atoms with Gasteiger partial charge in [-0.25, -0.2) is 4.57 Å². The fourth-order valence-corrected chi connectivity index (χ4v) is 10.9. The van der Waals surface area contributed by atoms with Crippen molar-refractivity contribution in [1.82, 2.24) is 5.32 Å². The van der Waals surface area contributed by atoms with Crippen LogP contribution in [0.2, 0.25) is 0 Å². The highest BCUT2D eigenvalue weighted by atomic mass is 31.2. The monoisotopic (exact) mass is 1260 g/mol. The second kappa shape index (κ2) is 68.7. The van der Waals surface area contributed by atoms with Gasteiger partial charge < -0.3 is 19.8 Å². The molecule has 0 rings (SSSR count). The van der Waals surface area contributed by atoms with Gasteiger partial charge in [0.1, 0.15) is 13.2 Å². The number of unbranched alkanes of at least 4 members (excludes halogenated alkanes) is 31. The second-order valence-electron chi connectivity index (χ2n) is 25.6. The Balaban J connectivity index is 4.14. The van der Waals surface area contributed by atoms with Crippen molar-refractivity contribution in [1.29, 1.82) is 0 Å². The zero-order chi connectivity index (χ0) is 64.8. The number of nitrogens with one attached hydrogen (secondary N) is 1. The van der Waals surface area contributed by atoms with Crippen LogP contribution >= 0.6 is 7.82 Å². The number of nitrogens with zero attached hydrogens (tertiary/aromatic N) is 1. The molecule has 9 heteroatoms. The van der Waals surface area contributed by atoms with E-state index in [2.05, 4.69) is 153 Å². The number of hydrogen-bond donors (Lipinski definition) is 3. The van der Waals surface area contributed by atoms with Crippen LogP contribution in [0.4, 0.5) is 0 Å². The van der Waals surface area contributed by atoms with Gasteiger partial charge in [-0.3, -0.25) is 13.8 Å². The minimum absolute atomic E-state index is 0.0492. The fourth-order valence-electron chi connectivity index (χ4n) is 10.1. The van der Waals surface area contributed by atoms with E-state index in [1.165, 1.54) is 173 Å². The van der Waals surface area contributed by atoms with Crippen molar-refractivity contribution in [2.45, 2.75) is 315 Å². The SMILES string of the molecule is CC/C=C\C/C=C\C/C=C\C/C=C\C/C=C\C/C=C\C/C=C\C/C=C\C/C=C\C/C=C\CCCCCCCCCCCCC(=O)NC(COP(=O)(O)OCC[N+](C)(C)C)C(O)/C=C/CC/C=C/CCCCCCCCCCCCCCCCCCCCCC. The number of rotatable bonds is 66. The molecular weight excluding hydrogens is 1120 g/mol. The van der Waals surface area contributed by atoms with Crippen molar-refractivity contribution in [3.63, 3.8) is 0 Å². The van der Waals surface area contributed by atoms with Crippen LogP contribution in [-0.4, -0.2) is 73.4 Å². The van der Waals surface area contributed by atoms with Gasteiger partial charge in [0.05, 0.1) is 39.9 Å². The van der Waals surface area contributed by atoms with Gasteiger partial charge in [0.25, 0.3) is 0 Å². The van der Waals surface area contributed by atoms with Crippen LogP contribution in [0.25, 0.3) is 0 Å². The first kappa shape index (κ1) is 85.4. The van der Waals surface area contributed by atoms with E-state index in [0.29, 0.717) is 17.4 Å². The summed E-state index contributed by atoms with van der Waals surface area (Å²) in [4.78, 5) is 23.4. The van der Waals surface area contributed by atoms with E-state index in [9.17, 15) is 19.4 Å². The van der Waals surface area contributed by atoms with Gasteiger partial charge in [0, 0.05) is 6.42 Å². The summed E-state index contributed by atoms with van der Waals surface area (Å²) in [5, 5.41) is 14.0. The molecule has 8 nitrogen and oxygen atoms in total. The molecule has 0 aliphatic heterocycles. The number of amides is 1. The maximum absolute atomic E-state index is 13.1. The normalized spacial score (nSPS) is 14.5. The van der Waals surface area contributed by atoms with Crippen LogP contribution in [0.1, 0.15) is 303 Å². The van der Waals surface area contributed by atoms with E-state index >= 15 is 0 Å². The van der Waals surface area contributed by atoms with Crippen molar-refractivity contribution in [2.75, 3.05) is 40.9 Å². The lowest BCUT2D eigenvalue weighted by molar-refractivity contribution is -0.870. The van der Waals surface area contributed by atoms with E-state index in [1.807, 2.05) is 27.2 Å². The Morgan fingerprint density at radius 1 is 0.393 bits per heavy atom. The molecule has 0 saturated heterocycles. The van der Waals surface area contributed by atoms with Crippen LogP contribution in [0.3, 0.4) is 0 Å². The third-order valence-corrected chi connectivity index (χ3v) is 16.8. The molecule has 3 unspecified atom stereocenters. The number of aliphatic hydroxyl groups excluding tert-OH is 1. The Hall–Kier alpha value is -3.62. The number of aliphatic hydroxyl groups is 1. The topological polar surface area (TPSA) is 105 Å². The Morgan fingerprint density at radius 3 is 1.03 bits per heavy atom. The van der Waals surface area contributed by atoms with Gasteiger partial charge >= 0.3 is 7.82 Å². The number of carbonyl (C=O) groups is 1. The molecule has 0 spiro atoms. The van der Waals surface area contributed by atoms with Crippen LogP contribution in [0, 0.1) is 0 Å². The molecule has 0 bridgehead atoms. The molecule has 0 aromatic rings. The Bertz CT molecular complexity index is 1960. The van der Waals surface area contributed by atoms with Crippen molar-refractivity contribution >= 4 is 13.7 Å². The van der Waals surface area contributed by atoms with E-state index in [1.54, 1.807) is 6.08 Å². The summed E-state index contributed by atoms with van der Waals surface area (Å²) in [5.41, 5.74) is 0. The Morgan fingerprint density at radius 2 is 0.685 bits per heavy atom. The largest absolute Gasteiger partial charge is 0.472 e. The van der Waals surface area contributed by atoms with Gasteiger partial charge in [0.15, 0.2) is 0 Å². The summed E-state index contributed by atoms with van der Waals surface area (Å²) in [6, 6.07) is -0.877.